The maximum absolute atomic E-state index is 13.8. The Balaban J connectivity index is 2.03. The number of carbonyl (C=O) groups is 2. The predicted molar refractivity (Wildman–Crippen MR) is 68.6 cm³/mol. The molecule has 0 atom stereocenters. The molecule has 1 aliphatic rings. The number of carbonyl (C=O) groups excluding carboxylic acids is 2. The second-order valence-electron chi connectivity index (χ2n) is 5.54. The average molecular weight is 281 g/mol. The lowest BCUT2D eigenvalue weighted by molar-refractivity contribution is 0.0517. The lowest BCUT2D eigenvalue weighted by atomic mass is 10.1. The van der Waals surface area contributed by atoms with Gasteiger partial charge in [0.1, 0.15) is 23.6 Å². The molecule has 0 saturated heterocycles. The number of cyclic esters (lactones) is 1. The number of amides is 1. The van der Waals surface area contributed by atoms with Gasteiger partial charge in [-0.3, -0.25) is 0 Å². The summed E-state index contributed by atoms with van der Waals surface area (Å²) in [6, 6.07) is 2.85. The van der Waals surface area contributed by atoms with E-state index in [2.05, 4.69) is 5.32 Å². The molecule has 1 aromatic rings. The molecule has 5 nitrogen and oxygen atoms in total. The molecule has 1 heterocycles. The molecular weight excluding hydrogens is 265 g/mol. The van der Waals surface area contributed by atoms with Crippen LogP contribution in [0.3, 0.4) is 0 Å². The Morgan fingerprint density at radius 2 is 2.15 bits per heavy atom. The van der Waals surface area contributed by atoms with Crippen molar-refractivity contribution in [1.29, 1.82) is 0 Å². The van der Waals surface area contributed by atoms with E-state index < -0.39 is 23.5 Å². The van der Waals surface area contributed by atoms with E-state index in [1.54, 1.807) is 26.8 Å². The lowest BCUT2D eigenvalue weighted by Crippen LogP contribution is -2.32. The van der Waals surface area contributed by atoms with Crippen LogP contribution in [0.25, 0.3) is 0 Å². The molecule has 1 amide bonds. The predicted octanol–water partition coefficient (Wildman–Crippen LogP) is 2.52. The van der Waals surface area contributed by atoms with Crippen molar-refractivity contribution in [2.75, 3.05) is 0 Å². The number of hydrogen-bond acceptors (Lipinski definition) is 4. The first-order valence-corrected chi connectivity index (χ1v) is 6.21. The summed E-state index contributed by atoms with van der Waals surface area (Å²) < 4.78 is 23.6. The van der Waals surface area contributed by atoms with Gasteiger partial charge in [0.2, 0.25) is 0 Å². The fraction of sp³-hybridized carbons (Fsp3) is 0.429. The third-order valence-corrected chi connectivity index (χ3v) is 2.63. The third-order valence-electron chi connectivity index (χ3n) is 2.63. The molecule has 0 aliphatic carbocycles. The molecule has 0 fully saturated rings. The van der Waals surface area contributed by atoms with E-state index in [1.807, 2.05) is 0 Å². The van der Waals surface area contributed by atoms with Crippen molar-refractivity contribution in [3.8, 4) is 0 Å². The third kappa shape index (κ3) is 3.26. The molecule has 1 aromatic carbocycles. The van der Waals surface area contributed by atoms with Crippen molar-refractivity contribution in [2.24, 2.45) is 0 Å². The molecule has 108 valence electrons. The first-order chi connectivity index (χ1) is 9.26. The van der Waals surface area contributed by atoms with Crippen molar-refractivity contribution in [2.45, 2.75) is 39.5 Å². The van der Waals surface area contributed by atoms with Crippen LogP contribution in [0.1, 0.15) is 42.3 Å². The van der Waals surface area contributed by atoms with Crippen molar-refractivity contribution in [1.82, 2.24) is 5.32 Å². The van der Waals surface area contributed by atoms with Gasteiger partial charge in [-0.05, 0) is 38.5 Å². The van der Waals surface area contributed by atoms with Crippen LogP contribution >= 0.6 is 0 Å². The van der Waals surface area contributed by atoms with E-state index in [0.717, 1.165) is 0 Å². The molecule has 6 heteroatoms. The molecule has 1 aliphatic heterocycles. The monoisotopic (exact) mass is 281 g/mol. The standard InChI is InChI=1S/C14H16FNO4/c1-14(2,3)20-13(18)16-6-8-4-9-7-19-12(17)11(9)10(15)5-8/h4-5H,6-7H2,1-3H3,(H,16,18). The Kier molecular flexibility index (Phi) is 3.65. The van der Waals surface area contributed by atoms with Crippen LogP contribution < -0.4 is 5.32 Å². The fourth-order valence-electron chi connectivity index (χ4n) is 1.87. The molecule has 0 spiro atoms. The number of esters is 1. The number of ether oxygens (including phenoxy) is 2. The van der Waals surface area contributed by atoms with Gasteiger partial charge in [0.15, 0.2) is 0 Å². The van der Waals surface area contributed by atoms with Gasteiger partial charge in [-0.1, -0.05) is 0 Å². The average Bonchev–Trinajstić information content (AvgIpc) is 2.66. The second-order valence-corrected chi connectivity index (χ2v) is 5.54. The molecule has 2 rings (SSSR count). The Morgan fingerprint density at radius 1 is 1.45 bits per heavy atom. The molecule has 0 radical (unpaired) electrons. The summed E-state index contributed by atoms with van der Waals surface area (Å²) in [5.41, 5.74) is 0.431. The van der Waals surface area contributed by atoms with Gasteiger partial charge in [0, 0.05) is 12.1 Å². The molecule has 0 unspecified atom stereocenters. The Hall–Kier alpha value is -2.11. The van der Waals surface area contributed by atoms with Crippen LogP contribution in [0.4, 0.5) is 9.18 Å². The van der Waals surface area contributed by atoms with Gasteiger partial charge < -0.3 is 14.8 Å². The number of alkyl carbamates (subject to hydrolysis) is 1. The Morgan fingerprint density at radius 3 is 2.80 bits per heavy atom. The van der Waals surface area contributed by atoms with E-state index in [9.17, 15) is 14.0 Å². The van der Waals surface area contributed by atoms with Gasteiger partial charge in [-0.2, -0.15) is 0 Å². The topological polar surface area (TPSA) is 64.6 Å². The summed E-state index contributed by atoms with van der Waals surface area (Å²) in [4.78, 5) is 22.8. The maximum atomic E-state index is 13.8. The van der Waals surface area contributed by atoms with Crippen LogP contribution in [0.5, 0.6) is 0 Å². The van der Waals surface area contributed by atoms with Crippen molar-refractivity contribution in [3.63, 3.8) is 0 Å². The quantitative estimate of drug-likeness (QED) is 0.846. The van der Waals surface area contributed by atoms with E-state index in [-0.39, 0.29) is 18.7 Å². The van der Waals surface area contributed by atoms with E-state index in [4.69, 9.17) is 9.47 Å². The Labute approximate surface area is 116 Å². The molecule has 0 bridgehead atoms. The Bertz CT molecular complexity index is 563. The molecule has 1 N–H and O–H groups in total. The van der Waals surface area contributed by atoms with Gasteiger partial charge in [-0.25, -0.2) is 14.0 Å². The zero-order chi connectivity index (χ0) is 14.9. The minimum Gasteiger partial charge on any atom is -0.457 e. The van der Waals surface area contributed by atoms with Crippen molar-refractivity contribution < 1.29 is 23.5 Å². The van der Waals surface area contributed by atoms with Crippen LogP contribution in [0.15, 0.2) is 12.1 Å². The first kappa shape index (κ1) is 14.3. The lowest BCUT2D eigenvalue weighted by Gasteiger charge is -2.19. The normalized spacial score (nSPS) is 13.7. The van der Waals surface area contributed by atoms with Crippen LogP contribution in [0, 0.1) is 5.82 Å². The van der Waals surface area contributed by atoms with Crippen molar-refractivity contribution >= 4 is 12.1 Å². The summed E-state index contributed by atoms with van der Waals surface area (Å²) in [6.45, 7) is 5.44. The molecule has 20 heavy (non-hydrogen) atoms. The summed E-state index contributed by atoms with van der Waals surface area (Å²) >= 11 is 0. The molecular formula is C14H16FNO4. The van der Waals surface area contributed by atoms with E-state index in [0.29, 0.717) is 11.1 Å². The first-order valence-electron chi connectivity index (χ1n) is 6.21. The summed E-state index contributed by atoms with van der Waals surface area (Å²) in [6.07, 6.45) is -0.578. The SMILES string of the molecule is CC(C)(C)OC(=O)NCc1cc(F)c2c(c1)COC2=O. The number of fused-ring (bicyclic) bond motifs is 1. The highest BCUT2D eigenvalue weighted by Gasteiger charge is 2.26. The zero-order valence-corrected chi connectivity index (χ0v) is 11.6. The zero-order valence-electron chi connectivity index (χ0n) is 11.6. The summed E-state index contributed by atoms with van der Waals surface area (Å²) in [5.74, 6) is -1.28. The van der Waals surface area contributed by atoms with E-state index in [1.165, 1.54) is 6.07 Å². The number of benzene rings is 1. The minimum atomic E-state index is -0.649. The van der Waals surface area contributed by atoms with Gasteiger partial charge in [-0.15, -0.1) is 0 Å². The van der Waals surface area contributed by atoms with Gasteiger partial charge >= 0.3 is 12.1 Å². The van der Waals surface area contributed by atoms with Crippen LogP contribution in [-0.4, -0.2) is 17.7 Å². The highest BCUT2D eigenvalue weighted by Crippen LogP contribution is 2.24. The van der Waals surface area contributed by atoms with Crippen molar-refractivity contribution in [3.05, 3.63) is 34.6 Å². The van der Waals surface area contributed by atoms with E-state index >= 15 is 0 Å². The van der Waals surface area contributed by atoms with Crippen LogP contribution in [-0.2, 0) is 22.6 Å². The molecule has 0 aromatic heterocycles. The summed E-state index contributed by atoms with van der Waals surface area (Å²) in [5, 5.41) is 2.53. The minimum absolute atomic E-state index is 0.0222. The van der Waals surface area contributed by atoms with Gasteiger partial charge in [0.25, 0.3) is 0 Å². The number of rotatable bonds is 2. The largest absolute Gasteiger partial charge is 0.457 e. The number of halogens is 1. The second kappa shape index (κ2) is 5.11. The number of nitrogens with one attached hydrogen (secondary N) is 1. The van der Waals surface area contributed by atoms with Crippen LogP contribution in [0.2, 0.25) is 0 Å². The smallest absolute Gasteiger partial charge is 0.407 e. The highest BCUT2D eigenvalue weighted by molar-refractivity contribution is 5.93. The number of hydrogen-bond donors (Lipinski definition) is 1. The van der Waals surface area contributed by atoms with Gasteiger partial charge in [0.05, 0.1) is 0 Å². The highest BCUT2D eigenvalue weighted by atomic mass is 19.1. The maximum Gasteiger partial charge on any atom is 0.407 e. The summed E-state index contributed by atoms with van der Waals surface area (Å²) in [7, 11) is 0. The molecule has 0 saturated carbocycles. The fourth-order valence-corrected chi connectivity index (χ4v) is 1.87.